The van der Waals surface area contributed by atoms with Crippen molar-refractivity contribution in [1.82, 2.24) is 10.2 Å². The average Bonchev–Trinajstić information content (AvgIpc) is 3.12. The molecule has 0 radical (unpaired) electrons. The summed E-state index contributed by atoms with van der Waals surface area (Å²) in [5.41, 5.74) is 6.76. The van der Waals surface area contributed by atoms with E-state index < -0.39 is 28.1 Å². The SMILES string of the molecule is NC1C/C=C/CN(c2ccccc2)S(=O)(=O)c2cc(ccc2Cl)C(=O)NCC2CN(CCCO2)C1=O. The number of fused-ring (bicyclic) bond motifs is 4. The summed E-state index contributed by atoms with van der Waals surface area (Å²) in [6, 6.07) is 12.0. The summed E-state index contributed by atoms with van der Waals surface area (Å²) in [5.74, 6) is -0.683. The number of amides is 2. The molecular formula is C25H29ClN4O5S. The number of nitrogens with one attached hydrogen (secondary N) is 1. The van der Waals surface area contributed by atoms with Crippen LogP contribution in [-0.4, -0.2) is 70.1 Å². The van der Waals surface area contributed by atoms with Crippen LogP contribution in [0.2, 0.25) is 5.02 Å². The number of carbonyl (C=O) groups is 2. The molecule has 2 aromatic carbocycles. The number of nitrogens with zero attached hydrogens (tertiary/aromatic N) is 2. The van der Waals surface area contributed by atoms with E-state index in [4.69, 9.17) is 22.1 Å². The van der Waals surface area contributed by atoms with Gasteiger partial charge in [-0.1, -0.05) is 42.0 Å². The smallest absolute Gasteiger partial charge is 0.266 e. The Bertz CT molecular complexity index is 1240. The molecule has 2 amide bonds. The average molecular weight is 533 g/mol. The number of nitrogens with two attached hydrogens (primary N) is 1. The van der Waals surface area contributed by atoms with Gasteiger partial charge in [0.15, 0.2) is 0 Å². The largest absolute Gasteiger partial charge is 0.374 e. The molecule has 9 nitrogen and oxygen atoms in total. The maximum atomic E-state index is 13.7. The first-order valence-corrected chi connectivity index (χ1v) is 13.6. The first-order valence-electron chi connectivity index (χ1n) is 11.7. The van der Waals surface area contributed by atoms with Crippen molar-refractivity contribution < 1.29 is 22.7 Å². The molecule has 4 rings (SSSR count). The van der Waals surface area contributed by atoms with Gasteiger partial charge in [0.2, 0.25) is 5.91 Å². The molecule has 2 heterocycles. The number of benzene rings is 2. The predicted octanol–water partition coefficient (Wildman–Crippen LogP) is 2.17. The van der Waals surface area contributed by atoms with Crippen molar-refractivity contribution in [1.29, 1.82) is 0 Å². The van der Waals surface area contributed by atoms with Crippen LogP contribution in [0, 0.1) is 0 Å². The molecule has 192 valence electrons. The maximum Gasteiger partial charge on any atom is 0.266 e. The van der Waals surface area contributed by atoms with Crippen LogP contribution in [0.1, 0.15) is 23.2 Å². The van der Waals surface area contributed by atoms with Crippen LogP contribution < -0.4 is 15.4 Å². The minimum atomic E-state index is -4.15. The molecule has 2 aromatic rings. The highest BCUT2D eigenvalue weighted by atomic mass is 35.5. The van der Waals surface area contributed by atoms with Crippen molar-refractivity contribution in [2.24, 2.45) is 5.73 Å². The van der Waals surface area contributed by atoms with E-state index in [2.05, 4.69) is 5.32 Å². The third-order valence-electron chi connectivity index (χ3n) is 6.10. The molecular weight excluding hydrogens is 504 g/mol. The van der Waals surface area contributed by atoms with Crippen LogP contribution in [0.15, 0.2) is 65.6 Å². The van der Waals surface area contributed by atoms with Gasteiger partial charge >= 0.3 is 0 Å². The van der Waals surface area contributed by atoms with Crippen molar-refractivity contribution in [2.45, 2.75) is 29.9 Å². The van der Waals surface area contributed by atoms with Crippen molar-refractivity contribution >= 4 is 39.1 Å². The molecule has 0 spiro atoms. The van der Waals surface area contributed by atoms with Crippen molar-refractivity contribution in [3.05, 3.63) is 71.3 Å². The monoisotopic (exact) mass is 532 g/mol. The van der Waals surface area contributed by atoms with Crippen LogP contribution >= 0.6 is 11.6 Å². The van der Waals surface area contributed by atoms with Gasteiger partial charge in [0.05, 0.1) is 29.4 Å². The molecule has 11 heteroatoms. The van der Waals surface area contributed by atoms with Crippen LogP contribution in [0.4, 0.5) is 5.69 Å². The number of hydrogen-bond acceptors (Lipinski definition) is 6. The van der Waals surface area contributed by atoms with Gasteiger partial charge in [-0.3, -0.25) is 13.9 Å². The highest BCUT2D eigenvalue weighted by Crippen LogP contribution is 2.29. The standard InChI is InChI=1S/C25H29ClN4O5S/c26-21-11-10-18-15-23(21)36(33,34)30(19-7-2-1-3-8-19)13-5-4-9-22(27)25(32)29-12-6-14-35-20(17-29)16-28-24(18)31/h1-5,7-8,10-11,15,20,22H,6,9,12-14,16-17,27H2,(H,28,31)/b5-4+. The summed E-state index contributed by atoms with van der Waals surface area (Å²) in [6.07, 6.45) is 3.87. The Morgan fingerprint density at radius 3 is 2.64 bits per heavy atom. The summed E-state index contributed by atoms with van der Waals surface area (Å²) >= 11 is 6.32. The second-order valence-electron chi connectivity index (χ2n) is 8.67. The molecule has 2 atom stereocenters. The molecule has 1 fully saturated rings. The van der Waals surface area contributed by atoms with Crippen LogP contribution in [0.5, 0.6) is 0 Å². The number of rotatable bonds is 1. The molecule has 1 saturated heterocycles. The topological polar surface area (TPSA) is 122 Å². The van der Waals surface area contributed by atoms with Crippen molar-refractivity contribution in [3.63, 3.8) is 0 Å². The third-order valence-corrected chi connectivity index (χ3v) is 8.38. The second-order valence-corrected chi connectivity index (χ2v) is 10.9. The lowest BCUT2D eigenvalue weighted by atomic mass is 10.1. The second kappa shape index (κ2) is 11.4. The van der Waals surface area contributed by atoms with Crippen LogP contribution in [0.3, 0.4) is 0 Å². The normalized spacial score (nSPS) is 24.4. The number of hydrogen-bond donors (Lipinski definition) is 2. The molecule has 4 bridgehead atoms. The number of anilines is 1. The van der Waals surface area contributed by atoms with Gasteiger partial charge in [0.25, 0.3) is 15.9 Å². The summed E-state index contributed by atoms with van der Waals surface area (Å²) in [7, 11) is -4.15. The van der Waals surface area contributed by atoms with Crippen molar-refractivity contribution in [2.75, 3.05) is 37.1 Å². The Hall–Kier alpha value is -2.92. The van der Waals surface area contributed by atoms with Gasteiger partial charge in [-0.15, -0.1) is 0 Å². The maximum absolute atomic E-state index is 13.7. The molecule has 2 aliphatic heterocycles. The van der Waals surface area contributed by atoms with E-state index in [9.17, 15) is 18.0 Å². The summed E-state index contributed by atoms with van der Waals surface area (Å²) in [4.78, 5) is 27.4. The minimum Gasteiger partial charge on any atom is -0.374 e. The van der Waals surface area contributed by atoms with E-state index in [0.717, 1.165) is 0 Å². The van der Waals surface area contributed by atoms with E-state index in [0.29, 0.717) is 31.8 Å². The van der Waals surface area contributed by atoms with Crippen molar-refractivity contribution in [3.8, 4) is 0 Å². The lowest BCUT2D eigenvalue weighted by Crippen LogP contribution is -2.48. The van der Waals surface area contributed by atoms with Gasteiger partial charge in [0, 0.05) is 31.8 Å². The Morgan fingerprint density at radius 1 is 1.08 bits per heavy atom. The Kier molecular flexibility index (Phi) is 8.30. The van der Waals surface area contributed by atoms with Gasteiger partial charge < -0.3 is 20.7 Å². The van der Waals surface area contributed by atoms with Crippen LogP contribution in [0.25, 0.3) is 0 Å². The van der Waals surface area contributed by atoms with E-state index in [1.54, 1.807) is 47.4 Å². The number of carbonyl (C=O) groups excluding carboxylic acids is 2. The zero-order valence-electron chi connectivity index (χ0n) is 19.7. The number of halogens is 1. The fourth-order valence-electron chi connectivity index (χ4n) is 4.17. The van der Waals surface area contributed by atoms with Gasteiger partial charge in [-0.25, -0.2) is 8.42 Å². The lowest BCUT2D eigenvalue weighted by molar-refractivity contribution is -0.133. The fraction of sp³-hybridized carbons (Fsp3) is 0.360. The third kappa shape index (κ3) is 5.89. The van der Waals surface area contributed by atoms with Gasteiger partial charge in [-0.2, -0.15) is 0 Å². The van der Waals surface area contributed by atoms with E-state index in [1.165, 1.54) is 22.5 Å². The first-order chi connectivity index (χ1) is 17.3. The van der Waals surface area contributed by atoms with E-state index >= 15 is 0 Å². The van der Waals surface area contributed by atoms with E-state index in [-0.39, 0.29) is 40.9 Å². The zero-order chi connectivity index (χ0) is 25.7. The van der Waals surface area contributed by atoms with Gasteiger partial charge in [-0.05, 0) is 43.2 Å². The number of para-hydroxylation sites is 1. The summed E-state index contributed by atoms with van der Waals surface area (Å²) < 4.78 is 34.5. The fourth-order valence-corrected chi connectivity index (χ4v) is 6.09. The molecule has 0 aliphatic carbocycles. The number of sulfonamides is 1. The molecule has 3 N–H and O–H groups in total. The number of ether oxygens (including phenoxy) is 1. The summed E-state index contributed by atoms with van der Waals surface area (Å²) in [6.45, 7) is 1.41. The minimum absolute atomic E-state index is 0.00439. The molecule has 0 aromatic heterocycles. The lowest BCUT2D eigenvalue weighted by Gasteiger charge is -2.26. The zero-order valence-corrected chi connectivity index (χ0v) is 21.2. The quantitative estimate of drug-likeness (QED) is 0.543. The summed E-state index contributed by atoms with van der Waals surface area (Å²) in [5, 5.41) is 2.79. The molecule has 2 aliphatic rings. The molecule has 36 heavy (non-hydrogen) atoms. The highest BCUT2D eigenvalue weighted by molar-refractivity contribution is 7.93. The Balaban J connectivity index is 1.74. The van der Waals surface area contributed by atoms with Crippen LogP contribution in [-0.2, 0) is 19.6 Å². The Labute approximate surface area is 215 Å². The molecule has 2 unspecified atom stereocenters. The highest BCUT2D eigenvalue weighted by Gasteiger charge is 2.29. The molecule has 0 saturated carbocycles. The van der Waals surface area contributed by atoms with Gasteiger partial charge in [0.1, 0.15) is 4.90 Å². The Morgan fingerprint density at radius 2 is 1.86 bits per heavy atom. The van der Waals surface area contributed by atoms with E-state index in [1.807, 2.05) is 0 Å². The predicted molar refractivity (Wildman–Crippen MR) is 137 cm³/mol. The first kappa shape index (κ1) is 26.2.